The van der Waals surface area contributed by atoms with Crippen LogP contribution in [0.5, 0.6) is 0 Å². The summed E-state index contributed by atoms with van der Waals surface area (Å²) in [4.78, 5) is 19.0. The molecule has 2 aromatic rings. The highest BCUT2D eigenvalue weighted by molar-refractivity contribution is 6.31. The van der Waals surface area contributed by atoms with Crippen molar-refractivity contribution in [3.05, 3.63) is 46.2 Å². The second-order valence-corrected chi connectivity index (χ2v) is 7.89. The fraction of sp³-hybridized carbons (Fsp3) is 0.474. The van der Waals surface area contributed by atoms with Gasteiger partial charge in [-0.3, -0.25) is 4.90 Å². The van der Waals surface area contributed by atoms with Gasteiger partial charge in [0.15, 0.2) is 0 Å². The van der Waals surface area contributed by atoms with E-state index in [1.54, 1.807) is 6.20 Å². The van der Waals surface area contributed by atoms with Crippen LogP contribution in [-0.2, 0) is 11.3 Å². The smallest absolute Gasteiger partial charge is 0.344 e. The summed E-state index contributed by atoms with van der Waals surface area (Å²) in [6.45, 7) is 7.02. The average Bonchev–Trinajstić information content (AvgIpc) is 3.16. The lowest BCUT2D eigenvalue weighted by Crippen LogP contribution is -2.49. The van der Waals surface area contributed by atoms with Gasteiger partial charge in [-0.2, -0.15) is 9.78 Å². The first-order valence-corrected chi connectivity index (χ1v) is 10.2. The molecule has 0 bridgehead atoms. The van der Waals surface area contributed by atoms with Crippen LogP contribution < -0.4 is 4.90 Å². The minimum atomic E-state index is -0.132. The number of carbonyl (C=O) groups excluding carboxylic acids is 1. The number of ether oxygens (including phenoxy) is 1. The van der Waals surface area contributed by atoms with Crippen LogP contribution in [0.2, 0.25) is 10.0 Å². The molecular formula is C19H23Cl2N5O2. The summed E-state index contributed by atoms with van der Waals surface area (Å²) < 4.78 is 6.77. The van der Waals surface area contributed by atoms with Crippen molar-refractivity contribution in [2.75, 3.05) is 57.4 Å². The topological polar surface area (TPSA) is 53.8 Å². The van der Waals surface area contributed by atoms with Crippen LogP contribution in [0, 0.1) is 0 Å². The van der Waals surface area contributed by atoms with Crippen LogP contribution in [0.1, 0.15) is 5.56 Å². The lowest BCUT2D eigenvalue weighted by molar-refractivity contribution is 0.122. The number of nitrogens with zero attached hydrogens (tertiary/aromatic N) is 5. The quantitative estimate of drug-likeness (QED) is 0.759. The monoisotopic (exact) mass is 423 g/mol. The molecule has 0 aliphatic carbocycles. The molecule has 1 aromatic heterocycles. The first-order valence-electron chi connectivity index (χ1n) is 9.43. The summed E-state index contributed by atoms with van der Waals surface area (Å²) in [6.07, 6.45) is 3.02. The molecule has 150 valence electrons. The predicted octanol–water partition coefficient (Wildman–Crippen LogP) is 2.81. The molecule has 0 N–H and O–H groups in total. The zero-order chi connectivity index (χ0) is 19.5. The molecule has 1 aromatic carbocycles. The highest BCUT2D eigenvalue weighted by Crippen LogP contribution is 2.27. The number of hydrogen-bond donors (Lipinski definition) is 0. The minimum absolute atomic E-state index is 0.132. The van der Waals surface area contributed by atoms with Gasteiger partial charge < -0.3 is 14.5 Å². The molecule has 0 atom stereocenters. The van der Waals surface area contributed by atoms with Gasteiger partial charge in [-0.05, 0) is 17.7 Å². The number of amides is 1. The minimum Gasteiger partial charge on any atom is -0.378 e. The molecule has 1 amide bonds. The Morgan fingerprint density at radius 3 is 2.46 bits per heavy atom. The summed E-state index contributed by atoms with van der Waals surface area (Å²) in [5.41, 5.74) is 2.44. The van der Waals surface area contributed by atoms with Crippen LogP contribution in [0.15, 0.2) is 30.6 Å². The van der Waals surface area contributed by atoms with Crippen molar-refractivity contribution in [1.29, 1.82) is 0 Å². The third-order valence-corrected chi connectivity index (χ3v) is 5.61. The number of halogens is 2. The largest absolute Gasteiger partial charge is 0.378 e. The number of rotatable bonds is 3. The third kappa shape index (κ3) is 4.43. The Hall–Kier alpha value is -1.80. The van der Waals surface area contributed by atoms with Crippen molar-refractivity contribution in [1.82, 2.24) is 19.6 Å². The van der Waals surface area contributed by atoms with Gasteiger partial charge in [0.05, 0.1) is 30.6 Å². The van der Waals surface area contributed by atoms with Gasteiger partial charge in [0.2, 0.25) is 0 Å². The fourth-order valence-electron chi connectivity index (χ4n) is 3.66. The number of benzene rings is 1. The standard InChI is InChI=1S/C19H23Cl2N5O2/c20-16-2-1-15(18(11-16)24-7-9-28-10-8-24)13-23-3-5-25(6-4-23)19(27)26-14-17(21)12-22-26/h1-2,11-12,14H,3-10,13H2. The van der Waals surface area contributed by atoms with Crippen LogP contribution in [0.25, 0.3) is 0 Å². The zero-order valence-corrected chi connectivity index (χ0v) is 17.1. The Morgan fingerprint density at radius 1 is 1.04 bits per heavy atom. The summed E-state index contributed by atoms with van der Waals surface area (Å²) >= 11 is 12.1. The SMILES string of the molecule is O=C(N1CCN(Cc2ccc(Cl)cc2N2CCOCC2)CC1)n1cc(Cl)cn1. The maximum Gasteiger partial charge on any atom is 0.344 e. The molecule has 0 radical (unpaired) electrons. The molecule has 2 aliphatic rings. The number of aromatic nitrogens is 2. The van der Waals surface area contributed by atoms with Gasteiger partial charge in [-0.1, -0.05) is 29.3 Å². The number of hydrogen-bond acceptors (Lipinski definition) is 5. The third-order valence-electron chi connectivity index (χ3n) is 5.18. The van der Waals surface area contributed by atoms with Gasteiger partial charge in [0.1, 0.15) is 0 Å². The van der Waals surface area contributed by atoms with Crippen LogP contribution in [-0.4, -0.2) is 78.1 Å². The molecule has 0 saturated carbocycles. The van der Waals surface area contributed by atoms with E-state index in [0.717, 1.165) is 51.0 Å². The molecule has 28 heavy (non-hydrogen) atoms. The van der Waals surface area contributed by atoms with Crippen LogP contribution >= 0.6 is 23.2 Å². The van der Waals surface area contributed by atoms with Gasteiger partial charge in [-0.15, -0.1) is 0 Å². The molecule has 0 unspecified atom stereocenters. The maximum absolute atomic E-state index is 12.5. The Morgan fingerprint density at radius 2 is 1.79 bits per heavy atom. The summed E-state index contributed by atoms with van der Waals surface area (Å²) in [6, 6.07) is 5.97. The fourth-order valence-corrected chi connectivity index (χ4v) is 3.96. The van der Waals surface area contributed by atoms with E-state index in [0.29, 0.717) is 18.1 Å². The van der Waals surface area contributed by atoms with Crippen molar-refractivity contribution in [2.45, 2.75) is 6.54 Å². The lowest BCUT2D eigenvalue weighted by atomic mass is 10.1. The number of piperazine rings is 1. The number of anilines is 1. The molecule has 9 heteroatoms. The second kappa shape index (κ2) is 8.69. The number of carbonyl (C=O) groups is 1. The summed E-state index contributed by atoms with van der Waals surface area (Å²) in [5.74, 6) is 0. The zero-order valence-electron chi connectivity index (χ0n) is 15.6. The van der Waals surface area contributed by atoms with E-state index in [1.807, 2.05) is 17.0 Å². The molecule has 4 rings (SSSR count). The van der Waals surface area contributed by atoms with E-state index in [2.05, 4.69) is 21.0 Å². The van der Waals surface area contributed by atoms with E-state index in [9.17, 15) is 4.79 Å². The Labute approximate surface area is 174 Å². The summed E-state index contributed by atoms with van der Waals surface area (Å²) in [5, 5.41) is 5.21. The first-order chi connectivity index (χ1) is 13.6. The lowest BCUT2D eigenvalue weighted by Gasteiger charge is -2.36. The molecule has 2 saturated heterocycles. The van der Waals surface area contributed by atoms with Crippen molar-refractivity contribution in [3.8, 4) is 0 Å². The Bertz CT molecular complexity index is 829. The highest BCUT2D eigenvalue weighted by Gasteiger charge is 2.24. The predicted molar refractivity (Wildman–Crippen MR) is 109 cm³/mol. The molecule has 3 heterocycles. The summed E-state index contributed by atoms with van der Waals surface area (Å²) in [7, 11) is 0. The molecule has 0 spiro atoms. The van der Waals surface area contributed by atoms with E-state index in [1.165, 1.54) is 22.1 Å². The van der Waals surface area contributed by atoms with E-state index < -0.39 is 0 Å². The Balaban J connectivity index is 1.39. The Kier molecular flexibility index (Phi) is 6.06. The van der Waals surface area contributed by atoms with Crippen molar-refractivity contribution < 1.29 is 9.53 Å². The van der Waals surface area contributed by atoms with Crippen LogP contribution in [0.3, 0.4) is 0 Å². The molecule has 7 nitrogen and oxygen atoms in total. The number of morpholine rings is 1. The van der Waals surface area contributed by atoms with Gasteiger partial charge >= 0.3 is 6.03 Å². The normalized spacial score (nSPS) is 18.5. The molecular weight excluding hydrogens is 401 g/mol. The van der Waals surface area contributed by atoms with Crippen molar-refractivity contribution in [2.24, 2.45) is 0 Å². The van der Waals surface area contributed by atoms with E-state index in [4.69, 9.17) is 27.9 Å². The molecule has 2 aliphatic heterocycles. The average molecular weight is 424 g/mol. The molecule has 2 fully saturated rings. The van der Waals surface area contributed by atoms with Crippen molar-refractivity contribution in [3.63, 3.8) is 0 Å². The van der Waals surface area contributed by atoms with Gasteiger partial charge in [0.25, 0.3) is 0 Å². The van der Waals surface area contributed by atoms with Gasteiger partial charge in [-0.25, -0.2) is 4.79 Å². The second-order valence-electron chi connectivity index (χ2n) is 7.02. The maximum atomic E-state index is 12.5. The van der Waals surface area contributed by atoms with E-state index >= 15 is 0 Å². The van der Waals surface area contributed by atoms with Gasteiger partial charge in [0, 0.05) is 56.5 Å². The van der Waals surface area contributed by atoms with Crippen LogP contribution in [0.4, 0.5) is 10.5 Å². The highest BCUT2D eigenvalue weighted by atomic mass is 35.5. The van der Waals surface area contributed by atoms with Crippen molar-refractivity contribution >= 4 is 34.9 Å². The first kappa shape index (κ1) is 19.5. The van der Waals surface area contributed by atoms with E-state index in [-0.39, 0.29) is 6.03 Å².